The maximum absolute atomic E-state index is 11.7. The topological polar surface area (TPSA) is 73.2 Å². The third-order valence-corrected chi connectivity index (χ3v) is 4.08. The maximum Gasteiger partial charge on any atom is 0.229 e. The first kappa shape index (κ1) is 11.7. The lowest BCUT2D eigenvalue weighted by molar-refractivity contribution is -0.139. The van der Waals surface area contributed by atoms with Crippen LogP contribution in [-0.2, 0) is 9.59 Å². The Morgan fingerprint density at radius 2 is 1.83 bits per heavy atom. The van der Waals surface area contributed by atoms with E-state index in [1.165, 1.54) is 4.90 Å². The summed E-state index contributed by atoms with van der Waals surface area (Å²) in [5.41, 5.74) is -0.698. The zero-order valence-electron chi connectivity index (χ0n) is 10.3. The zero-order valence-corrected chi connectivity index (χ0v) is 10.3. The van der Waals surface area contributed by atoms with E-state index in [-0.39, 0.29) is 18.4 Å². The minimum absolute atomic E-state index is 0.127. The second kappa shape index (κ2) is 4.06. The molecule has 3 aliphatic rings. The third kappa shape index (κ3) is 2.01. The van der Waals surface area contributed by atoms with E-state index in [2.05, 4.69) is 11.4 Å². The van der Waals surface area contributed by atoms with Crippen molar-refractivity contribution in [2.45, 2.75) is 50.1 Å². The second-order valence-corrected chi connectivity index (χ2v) is 5.65. The van der Waals surface area contributed by atoms with E-state index in [0.29, 0.717) is 24.8 Å². The molecule has 96 valence electrons. The number of carbonyl (C=O) groups is 2. The Morgan fingerprint density at radius 1 is 1.22 bits per heavy atom. The molecule has 0 spiro atoms. The molecule has 1 unspecified atom stereocenters. The van der Waals surface area contributed by atoms with Gasteiger partial charge in [0.05, 0.1) is 12.6 Å². The molecule has 5 nitrogen and oxygen atoms in total. The number of rotatable bonds is 5. The molecule has 2 aliphatic carbocycles. The smallest absolute Gasteiger partial charge is 0.229 e. The highest BCUT2D eigenvalue weighted by molar-refractivity contribution is 6.02. The first-order chi connectivity index (χ1) is 8.64. The van der Waals surface area contributed by atoms with Crippen molar-refractivity contribution in [1.82, 2.24) is 10.2 Å². The van der Waals surface area contributed by atoms with Gasteiger partial charge in [-0.3, -0.25) is 19.8 Å². The SMILES string of the molecule is N#CC(CN1C(=O)CCC1=O)(NC1CC1)C1CC1. The Hall–Kier alpha value is -1.41. The molecule has 2 amide bonds. The van der Waals surface area contributed by atoms with E-state index >= 15 is 0 Å². The molecule has 0 aromatic rings. The number of imide groups is 1. The summed E-state index contributed by atoms with van der Waals surface area (Å²) < 4.78 is 0. The molecule has 3 rings (SSSR count). The second-order valence-electron chi connectivity index (χ2n) is 5.65. The van der Waals surface area contributed by atoms with Crippen LogP contribution in [0, 0.1) is 17.2 Å². The molecule has 1 saturated heterocycles. The van der Waals surface area contributed by atoms with E-state index in [4.69, 9.17) is 0 Å². The molecular formula is C13H17N3O2. The number of carbonyl (C=O) groups excluding carboxylic acids is 2. The minimum Gasteiger partial charge on any atom is -0.295 e. The molecule has 1 N–H and O–H groups in total. The van der Waals surface area contributed by atoms with Crippen LogP contribution in [0.15, 0.2) is 0 Å². The summed E-state index contributed by atoms with van der Waals surface area (Å²) in [6, 6.07) is 2.76. The summed E-state index contributed by atoms with van der Waals surface area (Å²) in [5.74, 6) is 0.0417. The first-order valence-corrected chi connectivity index (χ1v) is 6.67. The lowest BCUT2D eigenvalue weighted by Gasteiger charge is -2.31. The Kier molecular flexibility index (Phi) is 2.63. The quantitative estimate of drug-likeness (QED) is 0.720. The number of nitrogens with zero attached hydrogens (tertiary/aromatic N) is 2. The average molecular weight is 247 g/mol. The monoisotopic (exact) mass is 247 g/mol. The van der Waals surface area contributed by atoms with Crippen molar-refractivity contribution in [3.8, 4) is 6.07 Å². The molecule has 0 aromatic heterocycles. The fourth-order valence-corrected chi connectivity index (χ4v) is 2.67. The Morgan fingerprint density at radius 3 is 2.28 bits per heavy atom. The van der Waals surface area contributed by atoms with Crippen LogP contribution in [0.3, 0.4) is 0 Å². The number of likely N-dealkylation sites (tertiary alicyclic amines) is 1. The molecule has 1 aliphatic heterocycles. The molecule has 1 atom stereocenters. The molecule has 2 saturated carbocycles. The normalized spacial score (nSPS) is 27.2. The average Bonchev–Trinajstić information content (AvgIpc) is 3.24. The highest BCUT2D eigenvalue weighted by atomic mass is 16.2. The maximum atomic E-state index is 11.7. The van der Waals surface area contributed by atoms with E-state index < -0.39 is 5.54 Å². The van der Waals surface area contributed by atoms with Gasteiger partial charge >= 0.3 is 0 Å². The standard InChI is InChI=1S/C13H17N3O2/c14-7-13(9-1-2-9,15-10-3-4-10)8-16-11(17)5-6-12(16)18/h9-10,15H,1-6,8H2. The zero-order chi connectivity index (χ0) is 12.8. The van der Waals surface area contributed by atoms with Crippen LogP contribution >= 0.6 is 0 Å². The van der Waals surface area contributed by atoms with Gasteiger partial charge in [0.15, 0.2) is 0 Å². The predicted octanol–water partition coefficient (Wildman–Crippen LogP) is 0.560. The van der Waals surface area contributed by atoms with E-state index in [0.717, 1.165) is 25.7 Å². The van der Waals surface area contributed by atoms with Crippen molar-refractivity contribution in [2.24, 2.45) is 5.92 Å². The number of amides is 2. The number of nitrogens with one attached hydrogen (secondary N) is 1. The molecular weight excluding hydrogens is 230 g/mol. The van der Waals surface area contributed by atoms with Gasteiger partial charge in [0.25, 0.3) is 0 Å². The van der Waals surface area contributed by atoms with Crippen molar-refractivity contribution in [1.29, 1.82) is 5.26 Å². The fourth-order valence-electron chi connectivity index (χ4n) is 2.67. The molecule has 0 bridgehead atoms. The largest absolute Gasteiger partial charge is 0.295 e. The van der Waals surface area contributed by atoms with Gasteiger partial charge in [0.1, 0.15) is 5.54 Å². The highest BCUT2D eigenvalue weighted by Crippen LogP contribution is 2.42. The van der Waals surface area contributed by atoms with E-state index in [9.17, 15) is 14.9 Å². The van der Waals surface area contributed by atoms with Gasteiger partial charge in [-0.1, -0.05) is 0 Å². The van der Waals surface area contributed by atoms with Crippen molar-refractivity contribution in [2.75, 3.05) is 6.54 Å². The number of hydrogen-bond donors (Lipinski definition) is 1. The lowest BCUT2D eigenvalue weighted by atomic mass is 9.94. The van der Waals surface area contributed by atoms with Crippen LogP contribution in [0.1, 0.15) is 38.5 Å². The van der Waals surface area contributed by atoms with Gasteiger partial charge in [0, 0.05) is 18.9 Å². The van der Waals surface area contributed by atoms with Crippen molar-refractivity contribution >= 4 is 11.8 Å². The molecule has 5 heteroatoms. The van der Waals surface area contributed by atoms with E-state index in [1.54, 1.807) is 0 Å². The molecule has 0 aromatic carbocycles. The summed E-state index contributed by atoms with van der Waals surface area (Å²) >= 11 is 0. The number of hydrogen-bond acceptors (Lipinski definition) is 4. The third-order valence-electron chi connectivity index (χ3n) is 4.08. The van der Waals surface area contributed by atoms with Gasteiger partial charge in [-0.25, -0.2) is 0 Å². The van der Waals surface area contributed by atoms with Gasteiger partial charge in [-0.15, -0.1) is 0 Å². The van der Waals surface area contributed by atoms with Crippen LogP contribution < -0.4 is 5.32 Å². The van der Waals surface area contributed by atoms with Gasteiger partial charge in [0.2, 0.25) is 11.8 Å². The lowest BCUT2D eigenvalue weighted by Crippen LogP contribution is -2.56. The molecule has 0 radical (unpaired) electrons. The summed E-state index contributed by atoms with van der Waals surface area (Å²) in [5, 5.41) is 12.9. The first-order valence-electron chi connectivity index (χ1n) is 6.67. The number of nitriles is 1. The summed E-state index contributed by atoms with van der Waals surface area (Å²) in [4.78, 5) is 24.7. The molecule has 1 heterocycles. The van der Waals surface area contributed by atoms with Gasteiger partial charge < -0.3 is 0 Å². The van der Waals surface area contributed by atoms with Gasteiger partial charge in [-0.05, 0) is 31.6 Å². The highest BCUT2D eigenvalue weighted by Gasteiger charge is 2.51. The summed E-state index contributed by atoms with van der Waals surface area (Å²) in [7, 11) is 0. The van der Waals surface area contributed by atoms with Crippen molar-refractivity contribution in [3.63, 3.8) is 0 Å². The van der Waals surface area contributed by atoms with Crippen molar-refractivity contribution in [3.05, 3.63) is 0 Å². The minimum atomic E-state index is -0.698. The van der Waals surface area contributed by atoms with Crippen LogP contribution in [0.25, 0.3) is 0 Å². The van der Waals surface area contributed by atoms with Crippen LogP contribution in [0.2, 0.25) is 0 Å². The predicted molar refractivity (Wildman–Crippen MR) is 63.2 cm³/mol. The van der Waals surface area contributed by atoms with Crippen LogP contribution in [0.5, 0.6) is 0 Å². The van der Waals surface area contributed by atoms with E-state index in [1.807, 2.05) is 0 Å². The summed E-state index contributed by atoms with van der Waals surface area (Å²) in [6.45, 7) is 0.238. The molecule has 3 fully saturated rings. The van der Waals surface area contributed by atoms with Crippen LogP contribution in [0.4, 0.5) is 0 Å². The fraction of sp³-hybridized carbons (Fsp3) is 0.769. The Labute approximate surface area is 106 Å². The summed E-state index contributed by atoms with van der Waals surface area (Å²) in [6.07, 6.45) is 4.83. The Balaban J connectivity index is 1.78. The van der Waals surface area contributed by atoms with Crippen LogP contribution in [-0.4, -0.2) is 34.8 Å². The van der Waals surface area contributed by atoms with Crippen molar-refractivity contribution < 1.29 is 9.59 Å². The molecule has 18 heavy (non-hydrogen) atoms. The Bertz CT molecular complexity index is 418. The van der Waals surface area contributed by atoms with Gasteiger partial charge in [-0.2, -0.15) is 5.26 Å².